The van der Waals surface area contributed by atoms with Crippen LogP contribution in [0.1, 0.15) is 10.4 Å². The van der Waals surface area contributed by atoms with Crippen LogP contribution in [0.5, 0.6) is 5.75 Å². The lowest BCUT2D eigenvalue weighted by atomic mass is 10.2. The summed E-state index contributed by atoms with van der Waals surface area (Å²) in [6, 6.07) is 11.6. The molecule has 0 atom stereocenters. The number of sulfonamides is 1. The van der Waals surface area contributed by atoms with Crippen LogP contribution in [-0.4, -0.2) is 41.2 Å². The molecular weight excluding hydrogens is 362 g/mol. The van der Waals surface area contributed by atoms with Gasteiger partial charge in [-0.1, -0.05) is 6.07 Å². The third-order valence-corrected chi connectivity index (χ3v) is 4.65. The molecule has 2 rings (SSSR count). The van der Waals surface area contributed by atoms with Gasteiger partial charge in [-0.15, -0.1) is 0 Å². The highest BCUT2D eigenvalue weighted by Gasteiger charge is 2.18. The maximum Gasteiger partial charge on any atom is 0.344 e. The van der Waals surface area contributed by atoms with Crippen LogP contribution in [0.4, 0.5) is 5.69 Å². The number of nitrogens with one attached hydrogen (secondary N) is 1. The predicted molar refractivity (Wildman–Crippen MR) is 92.5 cm³/mol. The maximum absolute atomic E-state index is 12.5. The van der Waals surface area contributed by atoms with Crippen LogP contribution in [0.3, 0.4) is 0 Å². The Hall–Kier alpha value is -3.07. The Balaban J connectivity index is 2.16. The van der Waals surface area contributed by atoms with Crippen LogP contribution in [0.15, 0.2) is 53.4 Å². The second kappa shape index (κ2) is 8.34. The van der Waals surface area contributed by atoms with Crippen molar-refractivity contribution in [2.75, 3.05) is 25.5 Å². The molecule has 138 valence electrons. The van der Waals surface area contributed by atoms with E-state index in [1.54, 1.807) is 24.3 Å². The molecule has 9 heteroatoms. The minimum Gasteiger partial charge on any atom is -0.497 e. The number of anilines is 1. The first-order valence-electron chi connectivity index (χ1n) is 7.36. The third-order valence-electron chi connectivity index (χ3n) is 3.27. The fourth-order valence-corrected chi connectivity index (χ4v) is 3.03. The Kier molecular flexibility index (Phi) is 6.18. The van der Waals surface area contributed by atoms with E-state index in [2.05, 4.69) is 9.46 Å². The minimum atomic E-state index is -3.92. The molecule has 0 saturated heterocycles. The first kappa shape index (κ1) is 19.3. The number of ether oxygens (including phenoxy) is 3. The van der Waals surface area contributed by atoms with Gasteiger partial charge in [0.2, 0.25) is 0 Å². The molecule has 2 aromatic carbocycles. The second-order valence-corrected chi connectivity index (χ2v) is 6.70. The van der Waals surface area contributed by atoms with Crippen LogP contribution < -0.4 is 9.46 Å². The van der Waals surface area contributed by atoms with Gasteiger partial charge < -0.3 is 14.2 Å². The van der Waals surface area contributed by atoms with Crippen LogP contribution in [0, 0.1) is 0 Å². The van der Waals surface area contributed by atoms with Gasteiger partial charge in [-0.05, 0) is 42.5 Å². The SMILES string of the molecule is COC(=O)COC(=O)c1cccc(S(=O)(=O)Nc2ccc(OC)cc2)c1. The lowest BCUT2D eigenvalue weighted by Crippen LogP contribution is -2.16. The molecular formula is C17H17NO7S. The zero-order valence-electron chi connectivity index (χ0n) is 14.1. The standard InChI is InChI=1S/C17H17NO7S/c1-23-14-8-6-13(7-9-14)18-26(21,22)15-5-3-4-12(10-15)17(20)25-11-16(19)24-2/h3-10,18H,11H2,1-2H3. The van der Waals surface area contributed by atoms with E-state index in [9.17, 15) is 18.0 Å². The highest BCUT2D eigenvalue weighted by Crippen LogP contribution is 2.20. The van der Waals surface area contributed by atoms with E-state index in [0.29, 0.717) is 11.4 Å². The highest BCUT2D eigenvalue weighted by molar-refractivity contribution is 7.92. The summed E-state index contributed by atoms with van der Waals surface area (Å²) >= 11 is 0. The first-order valence-corrected chi connectivity index (χ1v) is 8.85. The number of hydrogen-bond donors (Lipinski definition) is 1. The van der Waals surface area contributed by atoms with E-state index >= 15 is 0 Å². The van der Waals surface area contributed by atoms with Gasteiger partial charge in [0.1, 0.15) is 5.75 Å². The topological polar surface area (TPSA) is 108 Å². The lowest BCUT2D eigenvalue weighted by molar-refractivity contribution is -0.144. The van der Waals surface area contributed by atoms with Crippen molar-refractivity contribution in [3.05, 3.63) is 54.1 Å². The molecule has 0 aliphatic rings. The molecule has 0 aliphatic heterocycles. The monoisotopic (exact) mass is 379 g/mol. The van der Waals surface area contributed by atoms with Crippen molar-refractivity contribution in [2.24, 2.45) is 0 Å². The number of rotatable bonds is 7. The Morgan fingerprint density at radius 3 is 2.35 bits per heavy atom. The van der Waals surface area contributed by atoms with Crippen molar-refractivity contribution < 1.29 is 32.2 Å². The van der Waals surface area contributed by atoms with Crippen molar-refractivity contribution in [2.45, 2.75) is 4.90 Å². The number of esters is 2. The molecule has 8 nitrogen and oxygen atoms in total. The lowest BCUT2D eigenvalue weighted by Gasteiger charge is -2.10. The molecule has 0 aliphatic carbocycles. The molecule has 0 amide bonds. The molecule has 26 heavy (non-hydrogen) atoms. The van der Waals surface area contributed by atoms with Crippen molar-refractivity contribution in [3.8, 4) is 5.75 Å². The van der Waals surface area contributed by atoms with E-state index in [1.165, 1.54) is 25.3 Å². The number of hydrogen-bond acceptors (Lipinski definition) is 7. The average molecular weight is 379 g/mol. The molecule has 0 heterocycles. The van der Waals surface area contributed by atoms with Crippen molar-refractivity contribution in [1.82, 2.24) is 0 Å². The normalized spacial score (nSPS) is 10.7. The molecule has 0 fully saturated rings. The molecule has 0 radical (unpaired) electrons. The zero-order valence-corrected chi connectivity index (χ0v) is 14.9. The Labute approximate surface area is 150 Å². The van der Waals surface area contributed by atoms with Gasteiger partial charge in [-0.25, -0.2) is 18.0 Å². The summed E-state index contributed by atoms with van der Waals surface area (Å²) in [6.07, 6.45) is 0. The van der Waals surface area contributed by atoms with Gasteiger partial charge in [0, 0.05) is 5.69 Å². The highest BCUT2D eigenvalue weighted by atomic mass is 32.2. The Morgan fingerprint density at radius 2 is 1.73 bits per heavy atom. The fraction of sp³-hybridized carbons (Fsp3) is 0.176. The molecule has 0 aromatic heterocycles. The number of carbonyl (C=O) groups excluding carboxylic acids is 2. The van der Waals surface area contributed by atoms with Gasteiger partial charge in [-0.2, -0.15) is 0 Å². The molecule has 0 saturated carbocycles. The largest absolute Gasteiger partial charge is 0.497 e. The zero-order chi connectivity index (χ0) is 19.2. The van der Waals surface area contributed by atoms with Crippen LogP contribution >= 0.6 is 0 Å². The summed E-state index contributed by atoms with van der Waals surface area (Å²) in [5.41, 5.74) is 0.330. The molecule has 0 spiro atoms. The van der Waals surface area contributed by atoms with Gasteiger partial charge >= 0.3 is 11.9 Å². The maximum atomic E-state index is 12.5. The van der Waals surface area contributed by atoms with Gasteiger partial charge in [-0.3, -0.25) is 4.72 Å². The minimum absolute atomic E-state index is 0.00786. The summed E-state index contributed by atoms with van der Waals surface area (Å²) in [6.45, 7) is -0.559. The summed E-state index contributed by atoms with van der Waals surface area (Å²) in [5, 5.41) is 0. The molecule has 1 N–H and O–H groups in total. The van der Waals surface area contributed by atoms with Gasteiger partial charge in [0.05, 0.1) is 24.7 Å². The van der Waals surface area contributed by atoms with E-state index in [1.807, 2.05) is 0 Å². The van der Waals surface area contributed by atoms with Gasteiger partial charge in [0.15, 0.2) is 6.61 Å². The summed E-state index contributed by atoms with van der Waals surface area (Å²) < 4.78 is 41.5. The van der Waals surface area contributed by atoms with Crippen LogP contribution in [0.25, 0.3) is 0 Å². The third kappa shape index (κ3) is 4.96. The van der Waals surface area contributed by atoms with Crippen LogP contribution in [0.2, 0.25) is 0 Å². The van der Waals surface area contributed by atoms with Crippen molar-refractivity contribution in [1.29, 1.82) is 0 Å². The first-order chi connectivity index (χ1) is 12.4. The van der Waals surface area contributed by atoms with Crippen molar-refractivity contribution >= 4 is 27.6 Å². The fourth-order valence-electron chi connectivity index (χ4n) is 1.93. The molecule has 0 unspecified atom stereocenters. The van der Waals surface area contributed by atoms with E-state index in [-0.39, 0.29) is 10.5 Å². The van der Waals surface area contributed by atoms with E-state index in [0.717, 1.165) is 13.2 Å². The summed E-state index contributed by atoms with van der Waals surface area (Å²) in [4.78, 5) is 22.8. The number of carbonyl (C=O) groups is 2. The quantitative estimate of drug-likeness (QED) is 0.731. The van der Waals surface area contributed by atoms with E-state index < -0.39 is 28.6 Å². The number of methoxy groups -OCH3 is 2. The van der Waals surface area contributed by atoms with Crippen molar-refractivity contribution in [3.63, 3.8) is 0 Å². The smallest absolute Gasteiger partial charge is 0.344 e. The molecule has 2 aromatic rings. The predicted octanol–water partition coefficient (Wildman–Crippen LogP) is 1.83. The summed E-state index contributed by atoms with van der Waals surface area (Å²) in [5.74, 6) is -0.969. The summed E-state index contributed by atoms with van der Waals surface area (Å²) in [7, 11) is -1.25. The molecule has 0 bridgehead atoms. The van der Waals surface area contributed by atoms with Crippen LogP contribution in [-0.2, 0) is 24.3 Å². The average Bonchev–Trinajstić information content (AvgIpc) is 2.66. The number of benzene rings is 2. The second-order valence-electron chi connectivity index (χ2n) is 5.01. The van der Waals surface area contributed by atoms with E-state index in [4.69, 9.17) is 9.47 Å². The Bertz CT molecular complexity index is 892. The van der Waals surface area contributed by atoms with Gasteiger partial charge in [0.25, 0.3) is 10.0 Å². The Morgan fingerprint density at radius 1 is 1.04 bits per heavy atom.